The van der Waals surface area contributed by atoms with E-state index < -0.39 is 0 Å². The number of hydrogen-bond donors (Lipinski definition) is 2. The van der Waals surface area contributed by atoms with Crippen molar-refractivity contribution in [3.05, 3.63) is 106 Å². The van der Waals surface area contributed by atoms with E-state index in [4.69, 9.17) is 9.97 Å². The van der Waals surface area contributed by atoms with Crippen molar-refractivity contribution in [1.29, 1.82) is 0 Å². The molecule has 0 fully saturated rings. The first-order valence-corrected chi connectivity index (χ1v) is 21.3. The van der Waals surface area contributed by atoms with Crippen molar-refractivity contribution in [3.8, 4) is 22.3 Å². The molecule has 0 saturated carbocycles. The number of aromatic amines is 2. The third-order valence-corrected chi connectivity index (χ3v) is 12.1. The van der Waals surface area contributed by atoms with E-state index in [1.807, 2.05) is 24.8 Å². The Balaban J connectivity index is 1.75. The van der Waals surface area contributed by atoms with Crippen LogP contribution in [-0.4, -0.2) is 29.9 Å². The van der Waals surface area contributed by atoms with Crippen molar-refractivity contribution < 1.29 is 0 Å². The van der Waals surface area contributed by atoms with Gasteiger partial charge in [-0.1, -0.05) is 53.4 Å². The zero-order valence-corrected chi connectivity index (χ0v) is 35.0. The second-order valence-corrected chi connectivity index (χ2v) is 15.9. The third kappa shape index (κ3) is 7.43. The van der Waals surface area contributed by atoms with Gasteiger partial charge in [-0.2, -0.15) is 0 Å². The standard InChI is InChI=1S/C50H60N6/c1-9-13-17-37-31(5)41-29-42-33(7)39(19-15-11-3)49(55-42)46(36-23-27-52-28-24-36)50-40(20-16-12-4)34(8)44(56-50)30-43-32(6)38(18-14-10-2)48(54-43)45(47(37)53-41)35-21-25-51-26-22-35/h21-30,53-54H,9-20H2,1-8H3. The third-order valence-electron chi connectivity index (χ3n) is 12.1. The summed E-state index contributed by atoms with van der Waals surface area (Å²) in [6.07, 6.45) is 20.5. The maximum Gasteiger partial charge on any atom is 0.0772 e. The van der Waals surface area contributed by atoms with Gasteiger partial charge in [-0.3, -0.25) is 9.97 Å². The Bertz CT molecular complexity index is 2310. The summed E-state index contributed by atoms with van der Waals surface area (Å²) in [5.74, 6) is 0. The summed E-state index contributed by atoms with van der Waals surface area (Å²) in [6.45, 7) is 18.3. The van der Waals surface area contributed by atoms with E-state index in [1.54, 1.807) is 0 Å². The monoisotopic (exact) mass is 744 g/mol. The van der Waals surface area contributed by atoms with Crippen LogP contribution in [0, 0.1) is 13.8 Å². The lowest BCUT2D eigenvalue weighted by Crippen LogP contribution is -1.96. The predicted octanol–water partition coefficient (Wildman–Crippen LogP) is 14.0. The number of nitrogens with zero attached hydrogens (tertiary/aromatic N) is 4. The molecule has 7 rings (SSSR count). The van der Waals surface area contributed by atoms with Gasteiger partial charge in [0.25, 0.3) is 0 Å². The van der Waals surface area contributed by atoms with Gasteiger partial charge in [0.2, 0.25) is 0 Å². The highest BCUT2D eigenvalue weighted by Gasteiger charge is 2.28. The Morgan fingerprint density at radius 1 is 0.482 bits per heavy atom. The van der Waals surface area contributed by atoms with Gasteiger partial charge in [0.05, 0.1) is 33.8 Å². The molecule has 8 bridgehead atoms. The van der Waals surface area contributed by atoms with Crippen molar-refractivity contribution >= 4 is 44.4 Å². The first-order valence-electron chi connectivity index (χ1n) is 21.3. The van der Waals surface area contributed by atoms with Crippen molar-refractivity contribution in [2.24, 2.45) is 0 Å². The Morgan fingerprint density at radius 2 is 0.857 bits per heavy atom. The number of hydrogen-bond acceptors (Lipinski definition) is 4. The molecule has 0 aromatic carbocycles. The summed E-state index contributed by atoms with van der Waals surface area (Å²) in [4.78, 5) is 28.3. The minimum Gasteiger partial charge on any atom is -0.354 e. The minimum atomic E-state index is 0.970. The SMILES string of the molecule is CCCCC1=C(C)c2cc3[nH]c(c(CCCC)c3C)c(-c3ccncc3)c3[nH]c(cc4nc(c(-c5ccncc5)c1n2)C(CCCC)=C4C)c(C)c3CCCC. The highest BCUT2D eigenvalue weighted by Crippen LogP contribution is 2.45. The van der Waals surface area contributed by atoms with E-state index >= 15 is 0 Å². The molecular formula is C50H60N6. The Morgan fingerprint density at radius 3 is 1.25 bits per heavy atom. The number of rotatable bonds is 14. The number of nitrogens with one attached hydrogen (secondary N) is 2. The summed E-state index contributed by atoms with van der Waals surface area (Å²) >= 11 is 0. The van der Waals surface area contributed by atoms with Crippen LogP contribution in [0.5, 0.6) is 0 Å². The molecule has 290 valence electrons. The fourth-order valence-corrected chi connectivity index (χ4v) is 8.69. The van der Waals surface area contributed by atoms with Gasteiger partial charge in [-0.15, -0.1) is 0 Å². The molecule has 6 heteroatoms. The van der Waals surface area contributed by atoms with Crippen LogP contribution in [0.2, 0.25) is 0 Å². The Labute approximate surface area is 334 Å². The molecule has 0 amide bonds. The van der Waals surface area contributed by atoms with E-state index in [0.29, 0.717) is 0 Å². The number of aromatic nitrogens is 6. The van der Waals surface area contributed by atoms with Crippen LogP contribution in [0.3, 0.4) is 0 Å². The van der Waals surface area contributed by atoms with Crippen LogP contribution in [0.15, 0.2) is 61.2 Å². The van der Waals surface area contributed by atoms with E-state index in [9.17, 15) is 0 Å². The molecule has 0 atom stereocenters. The van der Waals surface area contributed by atoms with Crippen LogP contribution < -0.4 is 0 Å². The van der Waals surface area contributed by atoms with Crippen molar-refractivity contribution in [3.63, 3.8) is 0 Å². The molecule has 6 nitrogen and oxygen atoms in total. The zero-order valence-electron chi connectivity index (χ0n) is 35.0. The number of fused-ring (bicyclic) bond motifs is 8. The van der Waals surface area contributed by atoms with Crippen LogP contribution in [0.1, 0.15) is 151 Å². The summed E-state index contributed by atoms with van der Waals surface area (Å²) in [5, 5.41) is 0. The quantitative estimate of drug-likeness (QED) is 0.119. The van der Waals surface area contributed by atoms with Gasteiger partial charge in [0.1, 0.15) is 0 Å². The minimum absolute atomic E-state index is 0.970. The van der Waals surface area contributed by atoms with E-state index in [2.05, 4.69) is 112 Å². The summed E-state index contributed by atoms with van der Waals surface area (Å²) in [6, 6.07) is 13.3. The van der Waals surface area contributed by atoms with Gasteiger partial charge in [-0.05, 0) is 171 Å². The molecule has 5 aromatic heterocycles. The molecule has 7 heterocycles. The molecule has 2 aliphatic rings. The number of unbranched alkanes of at least 4 members (excludes halogenated alkanes) is 4. The van der Waals surface area contributed by atoms with Crippen LogP contribution >= 0.6 is 0 Å². The lowest BCUT2D eigenvalue weighted by Gasteiger charge is -2.13. The molecule has 5 aromatic rings. The van der Waals surface area contributed by atoms with Crippen LogP contribution in [0.4, 0.5) is 0 Å². The molecule has 0 spiro atoms. The first kappa shape index (κ1) is 39.1. The van der Waals surface area contributed by atoms with E-state index in [1.165, 1.54) is 61.1 Å². The number of pyridine rings is 2. The first-order chi connectivity index (χ1) is 27.3. The van der Waals surface area contributed by atoms with Gasteiger partial charge < -0.3 is 9.97 Å². The summed E-state index contributed by atoms with van der Waals surface area (Å²) in [7, 11) is 0. The maximum atomic E-state index is 5.65. The normalized spacial score (nSPS) is 13.0. The molecule has 2 aliphatic heterocycles. The topological polar surface area (TPSA) is 83.1 Å². The second kappa shape index (κ2) is 17.4. The van der Waals surface area contributed by atoms with E-state index in [0.717, 1.165) is 128 Å². The van der Waals surface area contributed by atoms with Crippen molar-refractivity contribution in [2.75, 3.05) is 0 Å². The molecule has 0 unspecified atom stereocenters. The van der Waals surface area contributed by atoms with Gasteiger partial charge in [0, 0.05) is 46.9 Å². The molecular weight excluding hydrogens is 685 g/mol. The summed E-state index contributed by atoms with van der Waals surface area (Å²) in [5.41, 5.74) is 23.9. The molecule has 0 saturated heterocycles. The average molecular weight is 745 g/mol. The summed E-state index contributed by atoms with van der Waals surface area (Å²) < 4.78 is 0. The Hall–Kier alpha value is -5.10. The maximum absolute atomic E-state index is 5.65. The highest BCUT2D eigenvalue weighted by atomic mass is 14.8. The number of aryl methyl sites for hydroxylation is 4. The van der Waals surface area contributed by atoms with Gasteiger partial charge >= 0.3 is 0 Å². The predicted molar refractivity (Wildman–Crippen MR) is 238 cm³/mol. The van der Waals surface area contributed by atoms with Gasteiger partial charge in [-0.25, -0.2) is 9.97 Å². The van der Waals surface area contributed by atoms with Gasteiger partial charge in [0.15, 0.2) is 0 Å². The molecule has 0 radical (unpaired) electrons. The largest absolute Gasteiger partial charge is 0.354 e. The molecule has 56 heavy (non-hydrogen) atoms. The Kier molecular flexibility index (Phi) is 12.1. The smallest absolute Gasteiger partial charge is 0.0772 e. The highest BCUT2D eigenvalue weighted by molar-refractivity contribution is 6.03. The van der Waals surface area contributed by atoms with Crippen molar-refractivity contribution in [1.82, 2.24) is 29.9 Å². The molecule has 2 N–H and O–H groups in total. The molecule has 0 aliphatic carbocycles. The van der Waals surface area contributed by atoms with Crippen molar-refractivity contribution in [2.45, 2.75) is 132 Å². The fourth-order valence-electron chi connectivity index (χ4n) is 8.69. The fraction of sp³-hybridized carbons (Fsp3) is 0.400. The number of allylic oxidation sites excluding steroid dienone is 4. The lowest BCUT2D eigenvalue weighted by atomic mass is 9.90. The number of H-pyrrole nitrogens is 2. The van der Waals surface area contributed by atoms with E-state index in [-0.39, 0.29) is 0 Å². The average Bonchev–Trinajstić information content (AvgIpc) is 3.89. The second-order valence-electron chi connectivity index (χ2n) is 15.9. The zero-order chi connectivity index (χ0) is 39.3. The van der Waals surface area contributed by atoms with Crippen LogP contribution in [0.25, 0.3) is 66.6 Å². The van der Waals surface area contributed by atoms with Crippen LogP contribution in [-0.2, 0) is 12.8 Å². The lowest BCUT2D eigenvalue weighted by molar-refractivity contribution is 0.796.